The number of halogens is 1. The smallest absolute Gasteiger partial charge is 0.242 e. The minimum Gasteiger partial charge on any atom is -0.369 e. The summed E-state index contributed by atoms with van der Waals surface area (Å²) in [4.78, 5) is 22.2. The number of aromatic nitrogens is 2. The van der Waals surface area contributed by atoms with E-state index in [9.17, 15) is 4.79 Å². The van der Waals surface area contributed by atoms with E-state index in [1.165, 1.54) is 6.33 Å². The number of amides is 1. The van der Waals surface area contributed by atoms with Gasteiger partial charge in [0, 0.05) is 19.6 Å². The number of hydrogen-bond acceptors (Lipinski definition) is 5. The van der Waals surface area contributed by atoms with Gasteiger partial charge in [-0.3, -0.25) is 4.79 Å². The minimum absolute atomic E-state index is 0.0276. The predicted molar refractivity (Wildman–Crippen MR) is 78.3 cm³/mol. The maximum atomic E-state index is 11.7. The van der Waals surface area contributed by atoms with Gasteiger partial charge in [0.1, 0.15) is 28.5 Å². The summed E-state index contributed by atoms with van der Waals surface area (Å²) in [6.07, 6.45) is 2.55. The van der Waals surface area contributed by atoms with Crippen molar-refractivity contribution in [2.75, 3.05) is 29.9 Å². The average Bonchev–Trinajstić information content (AvgIpc) is 2.41. The molecule has 0 spiro atoms. The first-order valence-corrected chi connectivity index (χ1v) is 7.23. The van der Waals surface area contributed by atoms with E-state index in [1.54, 1.807) is 0 Å². The lowest BCUT2D eigenvalue weighted by Gasteiger charge is -2.34. The summed E-state index contributed by atoms with van der Waals surface area (Å²) in [7, 11) is 0. The van der Waals surface area contributed by atoms with E-state index in [2.05, 4.69) is 43.5 Å². The van der Waals surface area contributed by atoms with Crippen LogP contribution in [-0.4, -0.2) is 41.6 Å². The zero-order valence-electron chi connectivity index (χ0n) is 11.1. The molecule has 1 aromatic heterocycles. The fourth-order valence-corrected chi connectivity index (χ4v) is 2.57. The van der Waals surface area contributed by atoms with Crippen molar-refractivity contribution in [2.45, 2.75) is 26.3 Å². The number of carbonyl (C=O) groups excluding carboxylic acids is 1. The van der Waals surface area contributed by atoms with E-state index in [0.717, 1.165) is 35.6 Å². The van der Waals surface area contributed by atoms with Crippen LogP contribution in [0.2, 0.25) is 0 Å². The van der Waals surface area contributed by atoms with Crippen molar-refractivity contribution >= 4 is 33.5 Å². The molecule has 2 heterocycles. The van der Waals surface area contributed by atoms with Gasteiger partial charge in [-0.2, -0.15) is 0 Å². The lowest BCUT2D eigenvalue weighted by Crippen LogP contribution is -2.54. The lowest BCUT2D eigenvalue weighted by molar-refractivity contribution is -0.122. The zero-order valence-corrected chi connectivity index (χ0v) is 12.7. The number of nitrogens with zero attached hydrogens (tertiary/aromatic N) is 3. The Morgan fingerprint density at radius 2 is 2.37 bits per heavy atom. The highest BCUT2D eigenvalue weighted by Crippen LogP contribution is 2.30. The van der Waals surface area contributed by atoms with Gasteiger partial charge in [0.25, 0.3) is 0 Å². The van der Waals surface area contributed by atoms with Crippen molar-refractivity contribution in [1.82, 2.24) is 15.3 Å². The molecule has 1 fully saturated rings. The third-order valence-electron chi connectivity index (χ3n) is 3.08. The largest absolute Gasteiger partial charge is 0.369 e. The Kier molecular flexibility index (Phi) is 4.57. The van der Waals surface area contributed by atoms with Gasteiger partial charge in [0.05, 0.1) is 0 Å². The van der Waals surface area contributed by atoms with Crippen LogP contribution in [0.4, 0.5) is 11.6 Å². The number of nitrogens with one attached hydrogen (secondary N) is 2. The van der Waals surface area contributed by atoms with Gasteiger partial charge < -0.3 is 15.5 Å². The van der Waals surface area contributed by atoms with Crippen LogP contribution in [0.5, 0.6) is 0 Å². The molecule has 104 valence electrons. The van der Waals surface area contributed by atoms with E-state index in [4.69, 9.17) is 0 Å². The van der Waals surface area contributed by atoms with Crippen molar-refractivity contribution in [3.05, 3.63) is 10.8 Å². The van der Waals surface area contributed by atoms with Crippen molar-refractivity contribution in [1.29, 1.82) is 0 Å². The van der Waals surface area contributed by atoms with E-state index >= 15 is 0 Å². The van der Waals surface area contributed by atoms with Crippen molar-refractivity contribution in [3.63, 3.8) is 0 Å². The molecular formula is C12H18BrN5O. The Labute approximate surface area is 121 Å². The van der Waals surface area contributed by atoms with Crippen LogP contribution in [0.1, 0.15) is 20.3 Å². The zero-order chi connectivity index (χ0) is 13.8. The summed E-state index contributed by atoms with van der Waals surface area (Å²) < 4.78 is 0.810. The summed E-state index contributed by atoms with van der Waals surface area (Å²) >= 11 is 3.53. The number of piperazine rings is 1. The van der Waals surface area contributed by atoms with Crippen LogP contribution in [0.15, 0.2) is 10.8 Å². The van der Waals surface area contributed by atoms with Gasteiger partial charge in [-0.05, 0) is 29.3 Å². The van der Waals surface area contributed by atoms with Crippen molar-refractivity contribution in [3.8, 4) is 0 Å². The van der Waals surface area contributed by atoms with Gasteiger partial charge >= 0.3 is 0 Å². The minimum atomic E-state index is -0.223. The maximum absolute atomic E-state index is 11.7. The second kappa shape index (κ2) is 6.18. The third kappa shape index (κ3) is 2.97. The molecule has 6 nitrogen and oxygen atoms in total. The normalized spacial score (nSPS) is 19.2. The van der Waals surface area contributed by atoms with E-state index in [1.807, 2.05) is 11.8 Å². The Balaban J connectivity index is 2.26. The summed E-state index contributed by atoms with van der Waals surface area (Å²) in [6, 6.07) is -0.223. The third-order valence-corrected chi connectivity index (χ3v) is 3.81. The first kappa shape index (κ1) is 14.0. The first-order chi connectivity index (χ1) is 9.15. The second-order valence-electron chi connectivity index (χ2n) is 4.45. The van der Waals surface area contributed by atoms with Crippen LogP contribution in [0, 0.1) is 0 Å². The number of hydrogen-bond donors (Lipinski definition) is 2. The van der Waals surface area contributed by atoms with Gasteiger partial charge in [0.15, 0.2) is 0 Å². The van der Waals surface area contributed by atoms with Gasteiger partial charge in [-0.1, -0.05) is 6.92 Å². The quantitative estimate of drug-likeness (QED) is 0.874. The van der Waals surface area contributed by atoms with Crippen molar-refractivity contribution < 1.29 is 4.79 Å². The molecule has 1 aromatic rings. The lowest BCUT2D eigenvalue weighted by atomic mass is 10.2. The summed E-state index contributed by atoms with van der Waals surface area (Å²) in [5.74, 6) is 1.56. The van der Waals surface area contributed by atoms with Crippen LogP contribution in [-0.2, 0) is 4.79 Å². The Hall–Kier alpha value is -1.37. The maximum Gasteiger partial charge on any atom is 0.242 e. The monoisotopic (exact) mass is 327 g/mol. The average molecular weight is 328 g/mol. The molecule has 0 aromatic carbocycles. The highest BCUT2D eigenvalue weighted by molar-refractivity contribution is 9.10. The molecule has 1 amide bonds. The molecule has 0 bridgehead atoms. The molecule has 1 unspecified atom stereocenters. The topological polar surface area (TPSA) is 70.2 Å². The Morgan fingerprint density at radius 1 is 1.58 bits per heavy atom. The first-order valence-electron chi connectivity index (χ1n) is 6.43. The standard InChI is InChI=1S/C12H18BrN5O/c1-3-4-14-10-9(13)11(17-7-16-10)18-6-5-15-12(19)8(18)2/h7-8H,3-6H2,1-2H3,(H,15,19)(H,14,16,17). The molecule has 7 heteroatoms. The Bertz CT molecular complexity index is 467. The van der Waals surface area contributed by atoms with Gasteiger partial charge in [-0.15, -0.1) is 0 Å². The van der Waals surface area contributed by atoms with E-state index < -0.39 is 0 Å². The number of anilines is 2. The molecule has 1 aliphatic rings. The number of carbonyl (C=O) groups is 1. The molecule has 1 atom stereocenters. The highest BCUT2D eigenvalue weighted by Gasteiger charge is 2.28. The molecule has 19 heavy (non-hydrogen) atoms. The highest BCUT2D eigenvalue weighted by atomic mass is 79.9. The predicted octanol–water partition coefficient (Wildman–Crippen LogP) is 1.39. The summed E-state index contributed by atoms with van der Waals surface area (Å²) in [5, 5.41) is 6.09. The van der Waals surface area contributed by atoms with Crippen LogP contribution in [0.25, 0.3) is 0 Å². The van der Waals surface area contributed by atoms with E-state index in [0.29, 0.717) is 6.54 Å². The van der Waals surface area contributed by atoms with Gasteiger partial charge in [0.2, 0.25) is 5.91 Å². The van der Waals surface area contributed by atoms with Crippen LogP contribution < -0.4 is 15.5 Å². The van der Waals surface area contributed by atoms with Crippen LogP contribution >= 0.6 is 15.9 Å². The SMILES string of the molecule is CCCNc1ncnc(N2CCNC(=O)C2C)c1Br. The van der Waals surface area contributed by atoms with Gasteiger partial charge in [-0.25, -0.2) is 9.97 Å². The fraction of sp³-hybridized carbons (Fsp3) is 0.583. The molecule has 2 rings (SSSR count). The van der Waals surface area contributed by atoms with Crippen molar-refractivity contribution in [2.24, 2.45) is 0 Å². The molecule has 2 N–H and O–H groups in total. The fourth-order valence-electron chi connectivity index (χ4n) is 2.00. The molecule has 0 aliphatic carbocycles. The molecule has 1 saturated heterocycles. The Morgan fingerprint density at radius 3 is 3.11 bits per heavy atom. The number of rotatable bonds is 4. The molecule has 0 saturated carbocycles. The van der Waals surface area contributed by atoms with Crippen LogP contribution in [0.3, 0.4) is 0 Å². The molecule has 1 aliphatic heterocycles. The second-order valence-corrected chi connectivity index (χ2v) is 5.24. The summed E-state index contributed by atoms with van der Waals surface area (Å²) in [5.41, 5.74) is 0. The summed E-state index contributed by atoms with van der Waals surface area (Å²) in [6.45, 7) is 6.21. The molecule has 0 radical (unpaired) electrons. The molecular weight excluding hydrogens is 310 g/mol. The van der Waals surface area contributed by atoms with E-state index in [-0.39, 0.29) is 11.9 Å².